The van der Waals surface area contributed by atoms with Gasteiger partial charge in [-0.25, -0.2) is 9.36 Å². The highest BCUT2D eigenvalue weighted by Crippen LogP contribution is 2.31. The Kier molecular flexibility index (Phi) is 6.13. The van der Waals surface area contributed by atoms with Gasteiger partial charge in [0, 0.05) is 16.6 Å². The molecule has 0 amide bonds. The molecule has 0 unspecified atom stereocenters. The normalized spacial score (nSPS) is 11.2. The summed E-state index contributed by atoms with van der Waals surface area (Å²) in [5.41, 5.74) is 0.323. The summed E-state index contributed by atoms with van der Waals surface area (Å²) in [5.74, 6) is 1.05. The van der Waals surface area contributed by atoms with E-state index in [9.17, 15) is 9.59 Å². The summed E-state index contributed by atoms with van der Waals surface area (Å²) in [6.07, 6.45) is -0.709. The zero-order valence-electron chi connectivity index (χ0n) is 15.5. The van der Waals surface area contributed by atoms with Crippen LogP contribution in [0.1, 0.15) is 26.5 Å². The number of rotatable bonds is 4. The van der Waals surface area contributed by atoms with Crippen LogP contribution in [0.3, 0.4) is 0 Å². The van der Waals surface area contributed by atoms with Gasteiger partial charge in [0.25, 0.3) is 5.56 Å². The number of nitrogens with zero attached hydrogens (tertiary/aromatic N) is 1. The van der Waals surface area contributed by atoms with Crippen LogP contribution in [-0.2, 0) is 10.1 Å². The maximum atomic E-state index is 13.0. The van der Waals surface area contributed by atoms with Crippen LogP contribution in [-0.4, -0.2) is 30.5 Å². The summed E-state index contributed by atoms with van der Waals surface area (Å²) >= 11 is 3.31. The summed E-state index contributed by atoms with van der Waals surface area (Å²) in [6, 6.07) is 8.55. The molecule has 1 aromatic heterocycles. The van der Waals surface area contributed by atoms with Crippen molar-refractivity contribution in [3.8, 4) is 22.6 Å². The van der Waals surface area contributed by atoms with Crippen LogP contribution in [0.5, 0.6) is 11.5 Å². The van der Waals surface area contributed by atoms with E-state index in [0.717, 1.165) is 4.57 Å². The molecular weight excluding hydrogens is 402 g/mol. The molecule has 2 rings (SSSR count). The molecular formula is C19H22BrNO5. The van der Waals surface area contributed by atoms with Crippen LogP contribution in [0.2, 0.25) is 0 Å². The number of ether oxygens (including phenoxy) is 3. The van der Waals surface area contributed by atoms with Gasteiger partial charge in [-0.05, 0) is 50.6 Å². The smallest absolute Gasteiger partial charge is 0.421 e. The van der Waals surface area contributed by atoms with Gasteiger partial charge >= 0.3 is 6.09 Å². The third-order valence-electron chi connectivity index (χ3n) is 3.57. The zero-order valence-corrected chi connectivity index (χ0v) is 17.0. The number of carbonyl (C=O) groups is 1. The topological polar surface area (TPSA) is 66.8 Å². The van der Waals surface area contributed by atoms with Crippen LogP contribution in [0.4, 0.5) is 4.79 Å². The molecule has 140 valence electrons. The fourth-order valence-corrected chi connectivity index (χ4v) is 2.85. The lowest BCUT2D eigenvalue weighted by Crippen LogP contribution is -2.35. The predicted molar refractivity (Wildman–Crippen MR) is 104 cm³/mol. The molecule has 0 saturated heterocycles. The minimum absolute atomic E-state index is 0.341. The summed E-state index contributed by atoms with van der Waals surface area (Å²) < 4.78 is 16.9. The summed E-state index contributed by atoms with van der Waals surface area (Å²) in [6.45, 7) is 5.26. The van der Waals surface area contributed by atoms with E-state index >= 15 is 0 Å². The van der Waals surface area contributed by atoms with Crippen molar-refractivity contribution in [2.24, 2.45) is 0 Å². The molecule has 1 heterocycles. The average Bonchev–Trinajstić information content (AvgIpc) is 2.59. The van der Waals surface area contributed by atoms with Crippen molar-refractivity contribution >= 4 is 22.0 Å². The fraction of sp³-hybridized carbons (Fsp3) is 0.368. The number of hydrogen-bond donors (Lipinski definition) is 0. The molecule has 1 aromatic carbocycles. The van der Waals surface area contributed by atoms with Crippen LogP contribution in [0.25, 0.3) is 11.1 Å². The quantitative estimate of drug-likeness (QED) is 0.688. The van der Waals surface area contributed by atoms with Gasteiger partial charge in [0.1, 0.15) is 5.60 Å². The molecule has 0 saturated carbocycles. The van der Waals surface area contributed by atoms with E-state index in [4.69, 9.17) is 14.2 Å². The Balaban J connectivity index is 2.61. The summed E-state index contributed by atoms with van der Waals surface area (Å²) in [7, 11) is 3.06. The minimum Gasteiger partial charge on any atom is -0.493 e. The molecule has 6 nitrogen and oxygen atoms in total. The lowest BCUT2D eigenvalue weighted by molar-refractivity contribution is 0.0527. The van der Waals surface area contributed by atoms with E-state index in [1.807, 2.05) is 0 Å². The number of aromatic nitrogens is 1. The van der Waals surface area contributed by atoms with Crippen molar-refractivity contribution in [3.63, 3.8) is 0 Å². The van der Waals surface area contributed by atoms with E-state index < -0.39 is 17.3 Å². The molecule has 0 fully saturated rings. The molecule has 7 heteroatoms. The highest BCUT2D eigenvalue weighted by molar-refractivity contribution is 9.08. The molecule has 0 N–H and O–H groups in total. The number of carbonyl (C=O) groups excluding carboxylic acids is 1. The third-order valence-corrected chi connectivity index (χ3v) is 4.15. The number of benzene rings is 1. The summed E-state index contributed by atoms with van der Waals surface area (Å²) in [5, 5.41) is 0.341. The number of halogens is 1. The first-order valence-corrected chi connectivity index (χ1v) is 9.10. The van der Waals surface area contributed by atoms with Crippen LogP contribution < -0.4 is 15.0 Å². The Morgan fingerprint density at radius 2 is 1.73 bits per heavy atom. The van der Waals surface area contributed by atoms with Gasteiger partial charge in [-0.1, -0.05) is 22.0 Å². The molecule has 0 aliphatic heterocycles. The molecule has 0 spiro atoms. The number of methoxy groups -OCH3 is 2. The second kappa shape index (κ2) is 7.95. The molecule has 0 aliphatic carbocycles. The number of alkyl halides is 1. The standard InChI is InChI=1S/C19H22BrNO5/c1-19(2,3)26-18(23)21-13(11-20)7-8-14(17(21)22)12-6-9-15(24-4)16(10-12)25-5/h6-10H,11H2,1-5H3. The molecule has 2 aromatic rings. The Morgan fingerprint density at radius 3 is 2.27 bits per heavy atom. The molecule has 0 aliphatic rings. The van der Waals surface area contributed by atoms with Crippen molar-refractivity contribution in [2.75, 3.05) is 14.2 Å². The van der Waals surface area contributed by atoms with Crippen molar-refractivity contribution in [1.82, 2.24) is 4.57 Å². The van der Waals surface area contributed by atoms with E-state index in [-0.39, 0.29) is 0 Å². The maximum absolute atomic E-state index is 13.0. The Bertz CT molecular complexity index is 867. The largest absolute Gasteiger partial charge is 0.493 e. The first-order chi connectivity index (χ1) is 12.2. The van der Waals surface area contributed by atoms with Gasteiger partial charge in [0.15, 0.2) is 11.5 Å². The zero-order chi connectivity index (χ0) is 19.5. The van der Waals surface area contributed by atoms with Gasteiger partial charge in [0.2, 0.25) is 0 Å². The average molecular weight is 424 g/mol. The molecule has 0 radical (unpaired) electrons. The van der Waals surface area contributed by atoms with Crippen LogP contribution in [0, 0.1) is 0 Å². The second-order valence-electron chi connectivity index (χ2n) is 6.56. The van der Waals surface area contributed by atoms with Gasteiger partial charge in [-0.2, -0.15) is 0 Å². The summed E-state index contributed by atoms with van der Waals surface area (Å²) in [4.78, 5) is 25.5. The lowest BCUT2D eigenvalue weighted by atomic mass is 10.1. The Labute approximate surface area is 160 Å². The highest BCUT2D eigenvalue weighted by Gasteiger charge is 2.22. The van der Waals surface area contributed by atoms with Gasteiger partial charge < -0.3 is 14.2 Å². The Morgan fingerprint density at radius 1 is 1.08 bits per heavy atom. The molecule has 0 bridgehead atoms. The lowest BCUT2D eigenvalue weighted by Gasteiger charge is -2.21. The van der Waals surface area contributed by atoms with E-state index in [2.05, 4.69) is 15.9 Å². The van der Waals surface area contributed by atoms with Crippen molar-refractivity contribution in [2.45, 2.75) is 31.7 Å². The van der Waals surface area contributed by atoms with Crippen molar-refractivity contribution < 1.29 is 19.0 Å². The third kappa shape index (κ3) is 4.27. The first kappa shape index (κ1) is 20.0. The van der Waals surface area contributed by atoms with Crippen molar-refractivity contribution in [3.05, 3.63) is 46.4 Å². The molecule has 0 atom stereocenters. The fourth-order valence-electron chi connectivity index (χ4n) is 2.41. The highest BCUT2D eigenvalue weighted by atomic mass is 79.9. The first-order valence-electron chi connectivity index (χ1n) is 7.98. The van der Waals surface area contributed by atoms with Crippen LogP contribution in [0.15, 0.2) is 35.1 Å². The minimum atomic E-state index is -0.709. The second-order valence-corrected chi connectivity index (χ2v) is 7.12. The monoisotopic (exact) mass is 423 g/mol. The van der Waals surface area contributed by atoms with Gasteiger partial charge in [0.05, 0.1) is 14.2 Å². The van der Waals surface area contributed by atoms with Gasteiger partial charge in [-0.3, -0.25) is 4.79 Å². The van der Waals surface area contributed by atoms with Gasteiger partial charge in [-0.15, -0.1) is 0 Å². The number of pyridine rings is 1. The molecule has 26 heavy (non-hydrogen) atoms. The SMILES string of the molecule is COc1ccc(-c2ccc(CBr)n(C(=O)OC(C)(C)C)c2=O)cc1OC. The van der Waals surface area contributed by atoms with Crippen molar-refractivity contribution in [1.29, 1.82) is 0 Å². The van der Waals surface area contributed by atoms with E-state index in [0.29, 0.717) is 33.6 Å². The number of hydrogen-bond acceptors (Lipinski definition) is 5. The van der Waals surface area contributed by atoms with E-state index in [1.165, 1.54) is 14.2 Å². The van der Waals surface area contributed by atoms with Crippen LogP contribution >= 0.6 is 15.9 Å². The maximum Gasteiger partial charge on any atom is 0.421 e. The Hall–Kier alpha value is -2.28. The van der Waals surface area contributed by atoms with E-state index in [1.54, 1.807) is 51.1 Å². The predicted octanol–water partition coefficient (Wildman–Crippen LogP) is 4.21.